The molecule has 0 unspecified atom stereocenters. The van der Waals surface area contributed by atoms with Crippen molar-refractivity contribution in [2.24, 2.45) is 15.3 Å². The van der Waals surface area contributed by atoms with Crippen LogP contribution >= 0.6 is 0 Å². The van der Waals surface area contributed by atoms with Gasteiger partial charge in [0.2, 0.25) is 0 Å². The third-order valence-corrected chi connectivity index (χ3v) is 4.22. The van der Waals surface area contributed by atoms with E-state index in [4.69, 9.17) is 0 Å². The molecule has 0 bridgehead atoms. The highest BCUT2D eigenvalue weighted by atomic mass is 15.3. The van der Waals surface area contributed by atoms with Crippen molar-refractivity contribution in [2.75, 3.05) is 5.43 Å². The minimum absolute atomic E-state index is 0.516. The molecule has 0 aliphatic rings. The van der Waals surface area contributed by atoms with Crippen LogP contribution in [0.25, 0.3) is 11.0 Å². The van der Waals surface area contributed by atoms with Crippen LogP contribution in [-0.4, -0.2) is 15.4 Å². The van der Waals surface area contributed by atoms with Crippen molar-refractivity contribution in [3.8, 4) is 0 Å². The molecular formula is C22H20N6. The molecule has 0 saturated carbocycles. The minimum atomic E-state index is 0.516. The summed E-state index contributed by atoms with van der Waals surface area (Å²) in [6.45, 7) is 2.47. The summed E-state index contributed by atoms with van der Waals surface area (Å²) in [7, 11) is 0. The largest absolute Gasteiger partial charge is 0.303 e. The predicted octanol–water partition coefficient (Wildman–Crippen LogP) is 5.61. The zero-order valence-corrected chi connectivity index (χ0v) is 15.5. The normalized spacial score (nSPS) is 12.0. The zero-order valence-electron chi connectivity index (χ0n) is 15.5. The number of hydrazone groups is 1. The van der Waals surface area contributed by atoms with Gasteiger partial charge in [-0.1, -0.05) is 60.7 Å². The molecule has 0 atom stereocenters. The molecule has 28 heavy (non-hydrogen) atoms. The molecule has 4 rings (SSSR count). The second kappa shape index (κ2) is 8.26. The molecule has 1 N–H and O–H groups in total. The van der Waals surface area contributed by atoms with Gasteiger partial charge in [-0.05, 0) is 36.8 Å². The number of rotatable bonds is 5. The van der Waals surface area contributed by atoms with Gasteiger partial charge in [-0.3, -0.25) is 5.43 Å². The molecule has 1 aromatic heterocycles. The van der Waals surface area contributed by atoms with Crippen LogP contribution < -0.4 is 5.43 Å². The second-order valence-corrected chi connectivity index (χ2v) is 6.31. The average molecular weight is 368 g/mol. The maximum absolute atomic E-state index is 4.63. The number of hydrogen-bond donors (Lipinski definition) is 1. The van der Waals surface area contributed by atoms with Crippen LogP contribution in [0.4, 0.5) is 11.6 Å². The topological polar surface area (TPSA) is 66.9 Å². The number of benzene rings is 3. The van der Waals surface area contributed by atoms with Crippen LogP contribution in [0.15, 0.2) is 100 Å². The number of imidazole rings is 1. The summed E-state index contributed by atoms with van der Waals surface area (Å²) in [6, 6.07) is 28.0. The first-order chi connectivity index (χ1) is 13.8. The molecule has 0 aliphatic carbocycles. The number of azo groups is 1. The number of hydrogen-bond acceptors (Lipinski definition) is 4. The molecule has 138 valence electrons. The molecule has 6 nitrogen and oxygen atoms in total. The van der Waals surface area contributed by atoms with Gasteiger partial charge in [0.1, 0.15) is 0 Å². The number of aromatic nitrogens is 2. The van der Waals surface area contributed by atoms with Gasteiger partial charge in [0.15, 0.2) is 5.84 Å². The Morgan fingerprint density at radius 3 is 2.36 bits per heavy atom. The van der Waals surface area contributed by atoms with E-state index in [0.717, 1.165) is 16.7 Å². The molecule has 1 heterocycles. The molecule has 0 aliphatic heterocycles. The van der Waals surface area contributed by atoms with Crippen molar-refractivity contribution in [3.63, 3.8) is 0 Å². The Labute approximate surface area is 163 Å². The Bertz CT molecular complexity index is 1110. The summed E-state index contributed by atoms with van der Waals surface area (Å²) < 4.78 is 2.06. The first-order valence-corrected chi connectivity index (χ1v) is 9.06. The van der Waals surface area contributed by atoms with Gasteiger partial charge >= 0.3 is 0 Å². The van der Waals surface area contributed by atoms with Gasteiger partial charge in [-0.25, -0.2) is 4.98 Å². The highest BCUT2D eigenvalue weighted by Crippen LogP contribution is 2.23. The van der Waals surface area contributed by atoms with Crippen LogP contribution in [0.3, 0.4) is 0 Å². The third-order valence-electron chi connectivity index (χ3n) is 4.22. The van der Waals surface area contributed by atoms with E-state index in [1.165, 1.54) is 5.56 Å². The van der Waals surface area contributed by atoms with E-state index in [9.17, 15) is 0 Å². The molecule has 6 heteroatoms. The van der Waals surface area contributed by atoms with E-state index in [1.54, 1.807) is 6.92 Å². The van der Waals surface area contributed by atoms with E-state index in [1.807, 2.05) is 72.8 Å². The fraction of sp³-hybridized carbons (Fsp3) is 0.0909. The Balaban J connectivity index is 1.60. The molecule has 0 fully saturated rings. The van der Waals surface area contributed by atoms with Crippen LogP contribution in [0.2, 0.25) is 0 Å². The van der Waals surface area contributed by atoms with Crippen molar-refractivity contribution in [1.29, 1.82) is 0 Å². The maximum atomic E-state index is 4.63. The smallest absolute Gasteiger partial charge is 0.250 e. The lowest BCUT2D eigenvalue weighted by Crippen LogP contribution is -1.99. The van der Waals surface area contributed by atoms with Gasteiger partial charge < -0.3 is 4.57 Å². The van der Waals surface area contributed by atoms with Crippen molar-refractivity contribution in [1.82, 2.24) is 9.55 Å². The third kappa shape index (κ3) is 4.12. The Morgan fingerprint density at radius 2 is 1.57 bits per heavy atom. The Hall–Kier alpha value is -3.80. The number of fused-ring (bicyclic) bond motifs is 1. The first-order valence-electron chi connectivity index (χ1n) is 9.06. The van der Waals surface area contributed by atoms with Gasteiger partial charge in [-0.2, -0.15) is 5.10 Å². The van der Waals surface area contributed by atoms with Gasteiger partial charge in [0, 0.05) is 0 Å². The Morgan fingerprint density at radius 1 is 0.893 bits per heavy atom. The summed E-state index contributed by atoms with van der Waals surface area (Å²) in [5.41, 5.74) is 6.96. The lowest BCUT2D eigenvalue weighted by Gasteiger charge is -2.06. The lowest BCUT2D eigenvalue weighted by atomic mass is 10.2. The highest BCUT2D eigenvalue weighted by molar-refractivity contribution is 5.81. The van der Waals surface area contributed by atoms with E-state index in [-0.39, 0.29) is 0 Å². The number of amidine groups is 1. The van der Waals surface area contributed by atoms with E-state index < -0.39 is 0 Å². The van der Waals surface area contributed by atoms with Crippen LogP contribution in [-0.2, 0) is 6.54 Å². The zero-order chi connectivity index (χ0) is 19.2. The average Bonchev–Trinajstić information content (AvgIpc) is 3.10. The van der Waals surface area contributed by atoms with Crippen LogP contribution in [0.5, 0.6) is 0 Å². The first kappa shape index (κ1) is 17.6. The standard InChI is InChI=1S/C22H20N6/c1-17(24-26-19-12-6-3-7-13-19)25-27-22-23-20-14-8-9-15-21(20)28(22)16-18-10-4-2-5-11-18/h2-15,26H,16H2,1H3. The monoisotopic (exact) mass is 368 g/mol. The summed E-state index contributed by atoms with van der Waals surface area (Å²) >= 11 is 0. The molecule has 0 saturated heterocycles. The molecule has 4 aromatic rings. The van der Waals surface area contributed by atoms with Crippen LogP contribution in [0, 0.1) is 0 Å². The van der Waals surface area contributed by atoms with Crippen molar-refractivity contribution in [2.45, 2.75) is 13.5 Å². The molecule has 0 spiro atoms. The summed E-state index contributed by atoms with van der Waals surface area (Å²) in [5.74, 6) is 1.07. The quantitative estimate of drug-likeness (QED) is 0.215. The van der Waals surface area contributed by atoms with Gasteiger partial charge in [0.05, 0.1) is 23.3 Å². The summed E-state index contributed by atoms with van der Waals surface area (Å²) in [5, 5.41) is 12.8. The number of anilines is 1. The summed E-state index contributed by atoms with van der Waals surface area (Å²) in [6.07, 6.45) is 0. The Kier molecular flexibility index (Phi) is 5.20. The van der Waals surface area contributed by atoms with E-state index in [0.29, 0.717) is 18.3 Å². The maximum Gasteiger partial charge on any atom is 0.250 e. The molecule has 0 radical (unpaired) electrons. The molecular weight excluding hydrogens is 348 g/mol. The predicted molar refractivity (Wildman–Crippen MR) is 113 cm³/mol. The lowest BCUT2D eigenvalue weighted by molar-refractivity contribution is 0.817. The number of nitrogens with zero attached hydrogens (tertiary/aromatic N) is 5. The van der Waals surface area contributed by atoms with E-state index in [2.05, 4.69) is 42.4 Å². The summed E-state index contributed by atoms with van der Waals surface area (Å²) in [4.78, 5) is 4.63. The number of nitrogens with one attached hydrogen (secondary N) is 1. The van der Waals surface area contributed by atoms with Crippen LogP contribution in [0.1, 0.15) is 12.5 Å². The van der Waals surface area contributed by atoms with Gasteiger partial charge in [0.25, 0.3) is 5.95 Å². The molecule has 0 amide bonds. The second-order valence-electron chi connectivity index (χ2n) is 6.31. The fourth-order valence-electron chi connectivity index (χ4n) is 2.86. The van der Waals surface area contributed by atoms with Crippen molar-refractivity contribution >= 4 is 28.5 Å². The van der Waals surface area contributed by atoms with Crippen molar-refractivity contribution in [3.05, 3.63) is 90.5 Å². The highest BCUT2D eigenvalue weighted by Gasteiger charge is 2.10. The fourth-order valence-corrected chi connectivity index (χ4v) is 2.86. The number of para-hydroxylation sites is 3. The van der Waals surface area contributed by atoms with Crippen molar-refractivity contribution < 1.29 is 0 Å². The SMILES string of the molecule is CC(N=Nc1nc2ccccc2n1Cc1ccccc1)=NNc1ccccc1. The van der Waals surface area contributed by atoms with E-state index >= 15 is 0 Å². The molecule has 3 aromatic carbocycles. The van der Waals surface area contributed by atoms with Gasteiger partial charge in [-0.15, -0.1) is 10.2 Å². The minimum Gasteiger partial charge on any atom is -0.303 e.